The van der Waals surface area contributed by atoms with Crippen molar-refractivity contribution >= 4 is 39.5 Å². The molecule has 1 saturated carbocycles. The standard InChI is InChI=1S/C17H27N3O4S.ClH/c1-24-9-8-19-15-7-6-13(25(2,22)23)11-16(15)20-17(21)10-12-4-3-5-14(12)18;/h6-7,11-12,14,19H,3-5,8-10,18H2,1-2H3,(H,20,21);1H/t12-,14+;/m0./s1. The van der Waals surface area contributed by atoms with Crippen LogP contribution in [0.3, 0.4) is 0 Å². The van der Waals surface area contributed by atoms with Gasteiger partial charge in [0, 0.05) is 32.4 Å². The van der Waals surface area contributed by atoms with Gasteiger partial charge in [0.15, 0.2) is 9.84 Å². The summed E-state index contributed by atoms with van der Waals surface area (Å²) in [5.41, 5.74) is 7.14. The molecule has 1 amide bonds. The summed E-state index contributed by atoms with van der Waals surface area (Å²) < 4.78 is 28.6. The molecule has 9 heteroatoms. The number of amides is 1. The van der Waals surface area contributed by atoms with Gasteiger partial charge < -0.3 is 21.1 Å². The van der Waals surface area contributed by atoms with Crippen molar-refractivity contribution in [1.82, 2.24) is 0 Å². The van der Waals surface area contributed by atoms with Gasteiger partial charge in [0.05, 0.1) is 22.9 Å². The number of carbonyl (C=O) groups excluding carboxylic acids is 1. The highest BCUT2D eigenvalue weighted by atomic mass is 35.5. The Morgan fingerprint density at radius 1 is 1.31 bits per heavy atom. The van der Waals surface area contributed by atoms with Crippen molar-refractivity contribution in [1.29, 1.82) is 0 Å². The largest absolute Gasteiger partial charge is 0.383 e. The molecule has 0 bridgehead atoms. The fraction of sp³-hybridized carbons (Fsp3) is 0.588. The fourth-order valence-electron chi connectivity index (χ4n) is 3.06. The maximum Gasteiger partial charge on any atom is 0.224 e. The Morgan fingerprint density at radius 3 is 2.62 bits per heavy atom. The first kappa shape index (κ1) is 22.7. The maximum absolute atomic E-state index is 12.4. The Bertz CT molecular complexity index is 712. The number of nitrogens with one attached hydrogen (secondary N) is 2. The molecular formula is C17H28ClN3O4S. The van der Waals surface area contributed by atoms with E-state index >= 15 is 0 Å². The molecule has 1 fully saturated rings. The highest BCUT2D eigenvalue weighted by Gasteiger charge is 2.26. The normalized spacial score (nSPS) is 19.7. The van der Waals surface area contributed by atoms with Crippen molar-refractivity contribution in [3.05, 3.63) is 18.2 Å². The second-order valence-electron chi connectivity index (χ2n) is 6.51. The van der Waals surface area contributed by atoms with Gasteiger partial charge in [-0.25, -0.2) is 8.42 Å². The van der Waals surface area contributed by atoms with Crippen LogP contribution in [0, 0.1) is 5.92 Å². The minimum atomic E-state index is -3.36. The second-order valence-corrected chi connectivity index (χ2v) is 8.52. The fourth-order valence-corrected chi connectivity index (χ4v) is 3.70. The van der Waals surface area contributed by atoms with Crippen LogP contribution in [-0.4, -0.2) is 46.9 Å². The Morgan fingerprint density at radius 2 is 2.04 bits per heavy atom. The maximum atomic E-state index is 12.4. The lowest BCUT2D eigenvalue weighted by molar-refractivity contribution is -0.117. The smallest absolute Gasteiger partial charge is 0.224 e. The average Bonchev–Trinajstić information content (AvgIpc) is 2.93. The van der Waals surface area contributed by atoms with Crippen LogP contribution < -0.4 is 16.4 Å². The molecule has 2 atom stereocenters. The van der Waals surface area contributed by atoms with Gasteiger partial charge >= 0.3 is 0 Å². The SMILES string of the molecule is COCCNc1ccc(S(C)(=O)=O)cc1NC(=O)C[C@@H]1CCC[C@H]1N.Cl. The van der Waals surface area contributed by atoms with E-state index < -0.39 is 9.84 Å². The third-order valence-electron chi connectivity index (χ3n) is 4.48. The summed E-state index contributed by atoms with van der Waals surface area (Å²) in [5, 5.41) is 5.98. The van der Waals surface area contributed by atoms with Crippen molar-refractivity contribution in [3.63, 3.8) is 0 Å². The molecule has 0 saturated heterocycles. The van der Waals surface area contributed by atoms with Crippen LogP contribution >= 0.6 is 12.4 Å². The van der Waals surface area contributed by atoms with Crippen molar-refractivity contribution < 1.29 is 17.9 Å². The van der Waals surface area contributed by atoms with Crippen LogP contribution in [0.4, 0.5) is 11.4 Å². The van der Waals surface area contributed by atoms with E-state index in [-0.39, 0.29) is 35.2 Å². The topological polar surface area (TPSA) is 111 Å². The van der Waals surface area contributed by atoms with Crippen molar-refractivity contribution in [2.45, 2.75) is 36.6 Å². The number of methoxy groups -OCH3 is 1. The number of rotatable bonds is 8. The van der Waals surface area contributed by atoms with E-state index in [2.05, 4.69) is 10.6 Å². The van der Waals surface area contributed by atoms with Crippen LogP contribution in [0.1, 0.15) is 25.7 Å². The summed E-state index contributed by atoms with van der Waals surface area (Å²) in [6, 6.07) is 4.72. The molecule has 0 aliphatic heterocycles. The third-order valence-corrected chi connectivity index (χ3v) is 5.59. The molecule has 26 heavy (non-hydrogen) atoms. The molecule has 0 radical (unpaired) electrons. The number of hydrogen-bond acceptors (Lipinski definition) is 6. The number of benzene rings is 1. The molecule has 1 aromatic carbocycles. The molecule has 0 spiro atoms. The Balaban J connectivity index is 0.00000338. The Labute approximate surface area is 161 Å². The van der Waals surface area contributed by atoms with Gasteiger partial charge in [-0.05, 0) is 37.0 Å². The van der Waals surface area contributed by atoms with Crippen LogP contribution in [0.5, 0.6) is 0 Å². The lowest BCUT2D eigenvalue weighted by atomic mass is 10.00. The lowest BCUT2D eigenvalue weighted by Gasteiger charge is -2.17. The van der Waals surface area contributed by atoms with Gasteiger partial charge in [-0.3, -0.25) is 4.79 Å². The van der Waals surface area contributed by atoms with Gasteiger partial charge in [-0.1, -0.05) is 6.42 Å². The minimum absolute atomic E-state index is 0. The van der Waals surface area contributed by atoms with Gasteiger partial charge in [0.25, 0.3) is 0 Å². The monoisotopic (exact) mass is 405 g/mol. The molecule has 0 unspecified atom stereocenters. The van der Waals surface area contributed by atoms with Crippen LogP contribution in [0.2, 0.25) is 0 Å². The zero-order valence-corrected chi connectivity index (χ0v) is 16.8. The van der Waals surface area contributed by atoms with E-state index in [1.165, 1.54) is 12.1 Å². The van der Waals surface area contributed by atoms with Crippen molar-refractivity contribution in [2.75, 3.05) is 37.2 Å². The van der Waals surface area contributed by atoms with E-state index in [9.17, 15) is 13.2 Å². The summed E-state index contributed by atoms with van der Waals surface area (Å²) in [4.78, 5) is 12.6. The van der Waals surface area contributed by atoms with Crippen LogP contribution in [-0.2, 0) is 19.4 Å². The van der Waals surface area contributed by atoms with Crippen LogP contribution in [0.15, 0.2) is 23.1 Å². The van der Waals surface area contributed by atoms with E-state index in [0.29, 0.717) is 30.9 Å². The zero-order valence-electron chi connectivity index (χ0n) is 15.2. The van der Waals surface area contributed by atoms with Gasteiger partial charge in [-0.2, -0.15) is 0 Å². The zero-order chi connectivity index (χ0) is 18.4. The van der Waals surface area contributed by atoms with E-state index in [0.717, 1.165) is 25.5 Å². The number of carbonyl (C=O) groups is 1. The summed E-state index contributed by atoms with van der Waals surface area (Å²) in [6.07, 6.45) is 4.44. The number of ether oxygens (including phenoxy) is 1. The Hall–Kier alpha value is -1.35. The van der Waals surface area contributed by atoms with Gasteiger partial charge in [0.2, 0.25) is 5.91 Å². The summed E-state index contributed by atoms with van der Waals surface area (Å²) >= 11 is 0. The number of halogens is 1. The number of nitrogens with two attached hydrogens (primary N) is 1. The second kappa shape index (κ2) is 10.1. The van der Waals surface area contributed by atoms with E-state index in [1.54, 1.807) is 13.2 Å². The predicted octanol–water partition coefficient (Wildman–Crippen LogP) is 2.03. The third kappa shape index (κ3) is 6.42. The Kier molecular flexibility index (Phi) is 8.82. The molecule has 0 aromatic heterocycles. The molecule has 4 N–H and O–H groups in total. The summed E-state index contributed by atoms with van der Waals surface area (Å²) in [5.74, 6) is 0.0331. The van der Waals surface area contributed by atoms with Crippen LogP contribution in [0.25, 0.3) is 0 Å². The number of hydrogen-bond donors (Lipinski definition) is 3. The van der Waals surface area contributed by atoms with Crippen molar-refractivity contribution in [2.24, 2.45) is 11.7 Å². The van der Waals surface area contributed by atoms with Crippen molar-refractivity contribution in [3.8, 4) is 0 Å². The lowest BCUT2D eigenvalue weighted by Crippen LogP contribution is -2.28. The average molecular weight is 406 g/mol. The molecule has 2 rings (SSSR count). The minimum Gasteiger partial charge on any atom is -0.383 e. The van der Waals surface area contributed by atoms with E-state index in [4.69, 9.17) is 10.5 Å². The molecule has 148 valence electrons. The molecule has 0 heterocycles. The highest BCUT2D eigenvalue weighted by molar-refractivity contribution is 7.90. The highest BCUT2D eigenvalue weighted by Crippen LogP contribution is 2.29. The van der Waals surface area contributed by atoms with Gasteiger partial charge in [0.1, 0.15) is 0 Å². The molecule has 1 aliphatic carbocycles. The summed E-state index contributed by atoms with van der Waals surface area (Å²) in [7, 11) is -1.76. The first-order valence-electron chi connectivity index (χ1n) is 8.43. The van der Waals surface area contributed by atoms with Gasteiger partial charge in [-0.15, -0.1) is 12.4 Å². The quantitative estimate of drug-likeness (QED) is 0.570. The molecule has 1 aromatic rings. The first-order chi connectivity index (χ1) is 11.8. The predicted molar refractivity (Wildman–Crippen MR) is 106 cm³/mol. The number of anilines is 2. The number of sulfone groups is 1. The van der Waals surface area contributed by atoms with E-state index in [1.807, 2.05) is 0 Å². The summed E-state index contributed by atoms with van der Waals surface area (Å²) in [6.45, 7) is 1.04. The molecular weight excluding hydrogens is 378 g/mol. The molecule has 1 aliphatic rings. The molecule has 7 nitrogen and oxygen atoms in total. The first-order valence-corrected chi connectivity index (χ1v) is 10.3.